The zero-order valence-corrected chi connectivity index (χ0v) is 13.8. The van der Waals surface area contributed by atoms with Gasteiger partial charge in [-0.2, -0.15) is 13.2 Å². The van der Waals surface area contributed by atoms with Crippen LogP contribution in [0.5, 0.6) is 5.88 Å². The standard InChI is InChI=1S/C17H16F3N3O3/c1-21-15(24)12-4-2-3-11(7-12)8-23-16(25)13-5-6-14(22-9-13)26-10-17(18,19)20/h2-7,9H,8,10H2,1H3,(H,21,24)(H,23,25). The van der Waals surface area contributed by atoms with E-state index in [1.807, 2.05) is 0 Å². The molecule has 0 unspecified atom stereocenters. The third kappa shape index (κ3) is 5.76. The van der Waals surface area contributed by atoms with Crippen LogP contribution in [0.15, 0.2) is 42.6 Å². The van der Waals surface area contributed by atoms with Gasteiger partial charge >= 0.3 is 6.18 Å². The average molecular weight is 367 g/mol. The molecule has 0 saturated heterocycles. The molecule has 0 radical (unpaired) electrons. The van der Waals surface area contributed by atoms with E-state index < -0.39 is 18.7 Å². The van der Waals surface area contributed by atoms with Crippen molar-refractivity contribution in [3.63, 3.8) is 0 Å². The molecule has 0 fully saturated rings. The Bertz CT molecular complexity index is 777. The predicted octanol–water partition coefficient (Wildman–Crippen LogP) is 2.31. The minimum Gasteiger partial charge on any atom is -0.468 e. The molecule has 0 saturated carbocycles. The monoisotopic (exact) mass is 367 g/mol. The summed E-state index contributed by atoms with van der Waals surface area (Å²) in [5.74, 6) is -0.917. The zero-order chi connectivity index (χ0) is 19.2. The van der Waals surface area contributed by atoms with Gasteiger partial charge in [0, 0.05) is 31.4 Å². The molecule has 6 nitrogen and oxygen atoms in total. The van der Waals surface area contributed by atoms with Crippen LogP contribution in [0.25, 0.3) is 0 Å². The van der Waals surface area contributed by atoms with Crippen molar-refractivity contribution in [3.05, 3.63) is 59.3 Å². The molecular formula is C17H16F3N3O3. The maximum absolute atomic E-state index is 12.1. The zero-order valence-electron chi connectivity index (χ0n) is 13.8. The second-order valence-electron chi connectivity index (χ2n) is 5.25. The lowest BCUT2D eigenvalue weighted by Crippen LogP contribution is -2.24. The van der Waals surface area contributed by atoms with E-state index in [0.717, 1.165) is 11.8 Å². The summed E-state index contributed by atoms with van der Waals surface area (Å²) < 4.78 is 40.7. The summed E-state index contributed by atoms with van der Waals surface area (Å²) in [6.07, 6.45) is -3.33. The molecular weight excluding hydrogens is 351 g/mol. The highest BCUT2D eigenvalue weighted by molar-refractivity contribution is 5.95. The third-order valence-electron chi connectivity index (χ3n) is 3.25. The molecule has 1 aromatic heterocycles. The molecule has 138 valence electrons. The lowest BCUT2D eigenvalue weighted by molar-refractivity contribution is -0.154. The molecule has 1 aromatic carbocycles. The smallest absolute Gasteiger partial charge is 0.422 e. The van der Waals surface area contributed by atoms with Gasteiger partial charge in [-0.1, -0.05) is 12.1 Å². The maximum Gasteiger partial charge on any atom is 0.422 e. The van der Waals surface area contributed by atoms with E-state index in [1.54, 1.807) is 24.3 Å². The van der Waals surface area contributed by atoms with E-state index in [4.69, 9.17) is 0 Å². The number of halogens is 3. The number of amides is 2. The molecule has 2 rings (SSSR count). The van der Waals surface area contributed by atoms with Crippen LogP contribution < -0.4 is 15.4 Å². The van der Waals surface area contributed by atoms with Gasteiger partial charge in [0.2, 0.25) is 5.88 Å². The van der Waals surface area contributed by atoms with Gasteiger partial charge in [-0.15, -0.1) is 0 Å². The molecule has 0 atom stereocenters. The molecule has 1 heterocycles. The number of benzene rings is 1. The number of nitrogens with one attached hydrogen (secondary N) is 2. The number of hydrogen-bond donors (Lipinski definition) is 2. The number of carbonyl (C=O) groups is 2. The van der Waals surface area contributed by atoms with Crippen LogP contribution in [0.2, 0.25) is 0 Å². The summed E-state index contributed by atoms with van der Waals surface area (Å²) in [4.78, 5) is 27.3. The SMILES string of the molecule is CNC(=O)c1cccc(CNC(=O)c2ccc(OCC(F)(F)F)nc2)c1. The Hall–Kier alpha value is -3.10. The van der Waals surface area contributed by atoms with Crippen LogP contribution >= 0.6 is 0 Å². The topological polar surface area (TPSA) is 80.3 Å². The van der Waals surface area contributed by atoms with Gasteiger partial charge in [0.25, 0.3) is 11.8 Å². The van der Waals surface area contributed by atoms with Gasteiger partial charge in [-0.3, -0.25) is 9.59 Å². The highest BCUT2D eigenvalue weighted by Gasteiger charge is 2.28. The summed E-state index contributed by atoms with van der Waals surface area (Å²) in [6.45, 7) is -1.27. The van der Waals surface area contributed by atoms with Gasteiger partial charge in [0.1, 0.15) is 0 Å². The summed E-state index contributed by atoms with van der Waals surface area (Å²) in [5, 5.41) is 5.15. The molecule has 2 aromatic rings. The predicted molar refractivity (Wildman–Crippen MR) is 86.8 cm³/mol. The van der Waals surface area contributed by atoms with E-state index >= 15 is 0 Å². The highest BCUT2D eigenvalue weighted by Crippen LogP contribution is 2.17. The van der Waals surface area contributed by atoms with Crippen LogP contribution in [0.3, 0.4) is 0 Å². The molecule has 0 aliphatic heterocycles. The molecule has 9 heteroatoms. The summed E-state index contributed by atoms with van der Waals surface area (Å²) in [5.41, 5.74) is 1.36. The molecule has 26 heavy (non-hydrogen) atoms. The first-order chi connectivity index (χ1) is 12.3. The lowest BCUT2D eigenvalue weighted by atomic mass is 10.1. The first-order valence-electron chi connectivity index (χ1n) is 7.53. The molecule has 0 spiro atoms. The summed E-state index contributed by atoms with van der Waals surface area (Å²) >= 11 is 0. The lowest BCUT2D eigenvalue weighted by Gasteiger charge is -2.09. The minimum atomic E-state index is -4.46. The van der Waals surface area contributed by atoms with Crippen LogP contribution in [0, 0.1) is 0 Å². The van der Waals surface area contributed by atoms with E-state index in [-0.39, 0.29) is 23.9 Å². The van der Waals surface area contributed by atoms with Crippen molar-refractivity contribution in [1.82, 2.24) is 15.6 Å². The largest absolute Gasteiger partial charge is 0.468 e. The fourth-order valence-electron chi connectivity index (χ4n) is 2.01. The first kappa shape index (κ1) is 19.2. The van der Waals surface area contributed by atoms with Crippen LogP contribution in [0.4, 0.5) is 13.2 Å². The second-order valence-corrected chi connectivity index (χ2v) is 5.25. The number of hydrogen-bond acceptors (Lipinski definition) is 4. The van der Waals surface area contributed by atoms with E-state index in [2.05, 4.69) is 20.4 Å². The molecule has 2 N–H and O–H groups in total. The Morgan fingerprint density at radius 1 is 1.12 bits per heavy atom. The van der Waals surface area contributed by atoms with E-state index in [1.165, 1.54) is 19.2 Å². The van der Waals surface area contributed by atoms with E-state index in [9.17, 15) is 22.8 Å². The molecule has 0 bridgehead atoms. The number of pyridine rings is 1. The van der Waals surface area contributed by atoms with Crippen molar-refractivity contribution in [3.8, 4) is 5.88 Å². The fraction of sp³-hybridized carbons (Fsp3) is 0.235. The number of nitrogens with zero attached hydrogens (tertiary/aromatic N) is 1. The second kappa shape index (κ2) is 8.32. The van der Waals surface area contributed by atoms with Crippen molar-refractivity contribution in [1.29, 1.82) is 0 Å². The number of ether oxygens (including phenoxy) is 1. The first-order valence-corrected chi connectivity index (χ1v) is 7.53. The highest BCUT2D eigenvalue weighted by atomic mass is 19.4. The Kier molecular flexibility index (Phi) is 6.16. The molecule has 2 amide bonds. The van der Waals surface area contributed by atoms with Crippen LogP contribution in [-0.4, -0.2) is 36.6 Å². The normalized spacial score (nSPS) is 10.9. The number of rotatable bonds is 6. The Balaban J connectivity index is 1.93. The van der Waals surface area contributed by atoms with Gasteiger partial charge in [-0.05, 0) is 23.8 Å². The number of aromatic nitrogens is 1. The summed E-state index contributed by atoms with van der Waals surface area (Å²) in [6, 6.07) is 9.24. The Morgan fingerprint density at radius 2 is 1.88 bits per heavy atom. The molecule has 0 aliphatic rings. The minimum absolute atomic E-state index is 0.173. The van der Waals surface area contributed by atoms with Gasteiger partial charge < -0.3 is 15.4 Å². The molecule has 0 aliphatic carbocycles. The fourth-order valence-corrected chi connectivity index (χ4v) is 2.01. The van der Waals surface area contributed by atoms with Crippen molar-refractivity contribution < 1.29 is 27.5 Å². The third-order valence-corrected chi connectivity index (χ3v) is 3.25. The summed E-state index contributed by atoms with van der Waals surface area (Å²) in [7, 11) is 1.52. The van der Waals surface area contributed by atoms with Crippen molar-refractivity contribution >= 4 is 11.8 Å². The quantitative estimate of drug-likeness (QED) is 0.821. The average Bonchev–Trinajstić information content (AvgIpc) is 2.64. The van der Waals surface area contributed by atoms with Gasteiger partial charge in [-0.25, -0.2) is 4.98 Å². The van der Waals surface area contributed by atoms with Crippen molar-refractivity contribution in [2.24, 2.45) is 0 Å². The van der Waals surface area contributed by atoms with E-state index in [0.29, 0.717) is 5.56 Å². The Labute approximate surface area is 147 Å². The Morgan fingerprint density at radius 3 is 2.50 bits per heavy atom. The van der Waals surface area contributed by atoms with Crippen LogP contribution in [0.1, 0.15) is 26.3 Å². The number of carbonyl (C=O) groups excluding carboxylic acids is 2. The van der Waals surface area contributed by atoms with Gasteiger partial charge in [0.15, 0.2) is 6.61 Å². The van der Waals surface area contributed by atoms with Crippen molar-refractivity contribution in [2.45, 2.75) is 12.7 Å². The number of alkyl halides is 3. The maximum atomic E-state index is 12.1. The van der Waals surface area contributed by atoms with Gasteiger partial charge in [0.05, 0.1) is 5.56 Å². The van der Waals surface area contributed by atoms with Crippen molar-refractivity contribution in [2.75, 3.05) is 13.7 Å². The van der Waals surface area contributed by atoms with Crippen LogP contribution in [-0.2, 0) is 6.54 Å².